The largest absolute Gasteiger partial charge is 0.365 e. The summed E-state index contributed by atoms with van der Waals surface area (Å²) in [5.74, 6) is -0.0472. The zero-order chi connectivity index (χ0) is 13.0. The molecule has 4 heteroatoms. The van der Waals surface area contributed by atoms with Crippen molar-refractivity contribution in [1.82, 2.24) is 0 Å². The van der Waals surface area contributed by atoms with Crippen molar-refractivity contribution < 1.29 is 9.53 Å². The fraction of sp³-hybridized carbons (Fsp3) is 0.214. The molecular weight excluding hydrogens is 268 g/mol. The van der Waals surface area contributed by atoms with E-state index in [0.29, 0.717) is 17.2 Å². The van der Waals surface area contributed by atoms with E-state index in [1.54, 1.807) is 42.5 Å². The number of hydrogen-bond acceptors (Lipinski definition) is 3. The molecule has 0 aliphatic carbocycles. The normalized spacial score (nSPS) is 12.3. The Morgan fingerprint density at radius 2 is 2.22 bits per heavy atom. The Labute approximate surface area is 115 Å². The number of thiophene rings is 1. The molecule has 94 valence electrons. The van der Waals surface area contributed by atoms with E-state index in [9.17, 15) is 4.79 Å². The predicted molar refractivity (Wildman–Crippen MR) is 74.4 cm³/mol. The fourth-order valence-corrected chi connectivity index (χ4v) is 2.37. The van der Waals surface area contributed by atoms with Crippen molar-refractivity contribution in [2.75, 3.05) is 0 Å². The van der Waals surface area contributed by atoms with Crippen molar-refractivity contribution in [3.63, 3.8) is 0 Å². The van der Waals surface area contributed by atoms with Gasteiger partial charge in [-0.2, -0.15) is 0 Å². The quantitative estimate of drug-likeness (QED) is 0.768. The molecule has 0 aliphatic heterocycles. The molecule has 18 heavy (non-hydrogen) atoms. The standard InChI is InChI=1S/C14H13ClO2S/c1-10(17-9-13-6-3-7-18-13)14(16)11-4-2-5-12(15)8-11/h2-8,10H,9H2,1H3. The van der Waals surface area contributed by atoms with E-state index < -0.39 is 6.10 Å². The van der Waals surface area contributed by atoms with Crippen LogP contribution in [0.2, 0.25) is 5.02 Å². The van der Waals surface area contributed by atoms with Gasteiger partial charge in [-0.05, 0) is 30.5 Å². The Bertz CT molecular complexity index is 522. The van der Waals surface area contributed by atoms with Crippen LogP contribution >= 0.6 is 22.9 Å². The Hall–Kier alpha value is -1.16. The maximum absolute atomic E-state index is 12.1. The minimum Gasteiger partial charge on any atom is -0.365 e. The maximum Gasteiger partial charge on any atom is 0.191 e. The fourth-order valence-electron chi connectivity index (χ4n) is 1.55. The van der Waals surface area contributed by atoms with Gasteiger partial charge in [0.15, 0.2) is 5.78 Å². The minimum absolute atomic E-state index is 0.0472. The first-order valence-electron chi connectivity index (χ1n) is 5.60. The van der Waals surface area contributed by atoms with E-state index in [-0.39, 0.29) is 5.78 Å². The zero-order valence-corrected chi connectivity index (χ0v) is 11.5. The molecule has 0 fully saturated rings. The molecule has 2 rings (SSSR count). The van der Waals surface area contributed by atoms with Crippen molar-refractivity contribution in [3.8, 4) is 0 Å². The smallest absolute Gasteiger partial charge is 0.191 e. The lowest BCUT2D eigenvalue weighted by atomic mass is 10.1. The summed E-state index contributed by atoms with van der Waals surface area (Å²) in [4.78, 5) is 13.2. The van der Waals surface area contributed by atoms with Crippen LogP contribution in [0.1, 0.15) is 22.2 Å². The number of carbonyl (C=O) groups excluding carboxylic acids is 1. The van der Waals surface area contributed by atoms with Gasteiger partial charge < -0.3 is 4.74 Å². The molecule has 0 spiro atoms. The van der Waals surface area contributed by atoms with E-state index in [1.807, 2.05) is 17.5 Å². The Kier molecular flexibility index (Phi) is 4.53. The highest BCUT2D eigenvalue weighted by molar-refractivity contribution is 7.09. The molecule has 0 bridgehead atoms. The third-order valence-corrected chi connectivity index (χ3v) is 3.62. The number of hydrogen-bond donors (Lipinski definition) is 0. The summed E-state index contributed by atoms with van der Waals surface area (Å²) in [6, 6.07) is 10.9. The highest BCUT2D eigenvalue weighted by Crippen LogP contribution is 2.15. The molecule has 1 aromatic carbocycles. The van der Waals surface area contributed by atoms with Gasteiger partial charge in [-0.15, -0.1) is 11.3 Å². The van der Waals surface area contributed by atoms with E-state index in [2.05, 4.69) is 0 Å². The lowest BCUT2D eigenvalue weighted by molar-refractivity contribution is 0.0420. The Morgan fingerprint density at radius 3 is 2.89 bits per heavy atom. The third kappa shape index (κ3) is 3.42. The van der Waals surface area contributed by atoms with Crippen LogP contribution in [-0.4, -0.2) is 11.9 Å². The van der Waals surface area contributed by atoms with Crippen LogP contribution < -0.4 is 0 Å². The summed E-state index contributed by atoms with van der Waals surface area (Å²) in [5, 5.41) is 2.55. The summed E-state index contributed by atoms with van der Waals surface area (Å²) in [7, 11) is 0. The third-order valence-electron chi connectivity index (χ3n) is 2.53. The first-order chi connectivity index (χ1) is 8.66. The molecule has 1 heterocycles. The van der Waals surface area contributed by atoms with Gasteiger partial charge in [-0.25, -0.2) is 0 Å². The minimum atomic E-state index is -0.467. The van der Waals surface area contributed by atoms with Crippen LogP contribution in [0.25, 0.3) is 0 Å². The summed E-state index contributed by atoms with van der Waals surface area (Å²) in [6.45, 7) is 2.22. The van der Waals surface area contributed by atoms with E-state index in [0.717, 1.165) is 4.88 Å². The monoisotopic (exact) mass is 280 g/mol. The lowest BCUT2D eigenvalue weighted by Gasteiger charge is -2.11. The molecule has 2 nitrogen and oxygen atoms in total. The van der Waals surface area contributed by atoms with Crippen LogP contribution in [-0.2, 0) is 11.3 Å². The predicted octanol–water partition coefficient (Wildman–Crippen LogP) is 4.19. The highest BCUT2D eigenvalue weighted by atomic mass is 35.5. The highest BCUT2D eigenvalue weighted by Gasteiger charge is 2.16. The molecule has 0 radical (unpaired) electrons. The lowest BCUT2D eigenvalue weighted by Crippen LogP contribution is -2.20. The summed E-state index contributed by atoms with van der Waals surface area (Å²) in [5.41, 5.74) is 0.584. The number of carbonyl (C=O) groups is 1. The Morgan fingerprint density at radius 1 is 1.39 bits per heavy atom. The summed E-state index contributed by atoms with van der Waals surface area (Å²) >= 11 is 7.48. The average Bonchev–Trinajstić information content (AvgIpc) is 2.88. The average molecular weight is 281 g/mol. The molecule has 0 saturated carbocycles. The second-order valence-corrected chi connectivity index (χ2v) is 5.38. The molecule has 1 atom stereocenters. The number of benzene rings is 1. The van der Waals surface area contributed by atoms with Crippen LogP contribution in [0.3, 0.4) is 0 Å². The van der Waals surface area contributed by atoms with Gasteiger partial charge in [-0.1, -0.05) is 29.8 Å². The summed E-state index contributed by atoms with van der Waals surface area (Å²) in [6.07, 6.45) is -0.467. The van der Waals surface area contributed by atoms with Crippen molar-refractivity contribution in [3.05, 3.63) is 57.2 Å². The van der Waals surface area contributed by atoms with Crippen molar-refractivity contribution >= 4 is 28.7 Å². The van der Waals surface area contributed by atoms with Gasteiger partial charge >= 0.3 is 0 Å². The molecule has 2 aromatic rings. The van der Waals surface area contributed by atoms with E-state index in [4.69, 9.17) is 16.3 Å². The number of ketones is 1. The Balaban J connectivity index is 1.96. The van der Waals surface area contributed by atoms with Crippen LogP contribution in [0.15, 0.2) is 41.8 Å². The van der Waals surface area contributed by atoms with Gasteiger partial charge in [-0.3, -0.25) is 4.79 Å². The first kappa shape index (κ1) is 13.3. The summed E-state index contributed by atoms with van der Waals surface area (Å²) < 4.78 is 5.56. The van der Waals surface area contributed by atoms with Crippen LogP contribution in [0, 0.1) is 0 Å². The van der Waals surface area contributed by atoms with Crippen molar-refractivity contribution in [2.24, 2.45) is 0 Å². The van der Waals surface area contributed by atoms with Gasteiger partial charge in [0.2, 0.25) is 0 Å². The zero-order valence-electron chi connectivity index (χ0n) is 9.93. The van der Waals surface area contributed by atoms with E-state index >= 15 is 0 Å². The second-order valence-electron chi connectivity index (χ2n) is 3.91. The molecule has 0 N–H and O–H groups in total. The number of Topliss-reactive ketones (excluding diaryl/α,β-unsaturated/α-hetero) is 1. The van der Waals surface area contributed by atoms with Crippen LogP contribution in [0.4, 0.5) is 0 Å². The molecule has 0 saturated heterocycles. The topological polar surface area (TPSA) is 26.3 Å². The van der Waals surface area contributed by atoms with E-state index in [1.165, 1.54) is 0 Å². The molecule has 1 unspecified atom stereocenters. The molecule has 1 aromatic heterocycles. The van der Waals surface area contributed by atoms with Crippen LogP contribution in [0.5, 0.6) is 0 Å². The maximum atomic E-state index is 12.1. The number of rotatable bonds is 5. The first-order valence-corrected chi connectivity index (χ1v) is 6.86. The molecular formula is C14H13ClO2S. The van der Waals surface area contributed by atoms with Gasteiger partial charge in [0.1, 0.15) is 6.10 Å². The SMILES string of the molecule is CC(OCc1cccs1)C(=O)c1cccc(Cl)c1. The molecule has 0 amide bonds. The van der Waals surface area contributed by atoms with Crippen molar-refractivity contribution in [2.45, 2.75) is 19.6 Å². The second kappa shape index (κ2) is 6.14. The van der Waals surface area contributed by atoms with Gasteiger partial charge in [0, 0.05) is 15.5 Å². The van der Waals surface area contributed by atoms with Gasteiger partial charge in [0.05, 0.1) is 6.61 Å². The molecule has 0 aliphatic rings. The van der Waals surface area contributed by atoms with Gasteiger partial charge in [0.25, 0.3) is 0 Å². The van der Waals surface area contributed by atoms with Crippen molar-refractivity contribution in [1.29, 1.82) is 0 Å². The number of halogens is 1. The number of ether oxygens (including phenoxy) is 1.